The standard InChI is InChI=1S/C27H21Cl2N3O2/c1-31-15-25(30-16-31)27(34,18-6-9-20(28)10-7-18)19-8-11-24-23(13-19)22(14-26(33)32(24)2)17-4-3-5-21(29)12-17/h3-16,34H,1-2H3. The lowest BCUT2D eigenvalue weighted by atomic mass is 9.82. The second-order valence-corrected chi connectivity index (χ2v) is 9.21. The van der Waals surface area contributed by atoms with Crippen molar-refractivity contribution in [1.82, 2.24) is 14.1 Å². The van der Waals surface area contributed by atoms with Crippen molar-refractivity contribution in [2.45, 2.75) is 5.60 Å². The lowest BCUT2D eigenvalue weighted by Gasteiger charge is -2.28. The molecule has 5 nitrogen and oxygen atoms in total. The fourth-order valence-electron chi connectivity index (χ4n) is 4.33. The third-order valence-corrected chi connectivity index (χ3v) is 6.62. The molecule has 3 aromatic carbocycles. The molecule has 7 heteroatoms. The Balaban J connectivity index is 1.83. The maximum absolute atomic E-state index is 12.7. The molecule has 170 valence electrons. The van der Waals surface area contributed by atoms with Crippen molar-refractivity contribution in [2.75, 3.05) is 0 Å². The molecule has 0 fully saturated rings. The van der Waals surface area contributed by atoms with Crippen LogP contribution in [0.2, 0.25) is 10.0 Å². The molecule has 0 amide bonds. The zero-order valence-electron chi connectivity index (χ0n) is 18.5. The number of imidazole rings is 1. The largest absolute Gasteiger partial charge is 0.374 e. The molecule has 5 aromatic rings. The number of pyridine rings is 1. The van der Waals surface area contributed by atoms with E-state index in [9.17, 15) is 9.90 Å². The summed E-state index contributed by atoms with van der Waals surface area (Å²) in [6.45, 7) is 0. The van der Waals surface area contributed by atoms with Gasteiger partial charge in [-0.15, -0.1) is 0 Å². The van der Waals surface area contributed by atoms with E-state index in [-0.39, 0.29) is 5.56 Å². The summed E-state index contributed by atoms with van der Waals surface area (Å²) in [6, 6.07) is 21.6. The first-order valence-corrected chi connectivity index (χ1v) is 11.4. The Morgan fingerprint density at radius 1 is 0.882 bits per heavy atom. The van der Waals surface area contributed by atoms with Gasteiger partial charge in [0.1, 0.15) is 0 Å². The topological polar surface area (TPSA) is 60.0 Å². The van der Waals surface area contributed by atoms with Gasteiger partial charge in [0.2, 0.25) is 0 Å². The van der Waals surface area contributed by atoms with E-state index >= 15 is 0 Å². The summed E-state index contributed by atoms with van der Waals surface area (Å²) in [6.07, 6.45) is 3.44. The summed E-state index contributed by atoms with van der Waals surface area (Å²) < 4.78 is 3.38. The molecule has 0 bridgehead atoms. The predicted molar refractivity (Wildman–Crippen MR) is 136 cm³/mol. The van der Waals surface area contributed by atoms with Crippen LogP contribution in [0.25, 0.3) is 22.0 Å². The summed E-state index contributed by atoms with van der Waals surface area (Å²) in [5.41, 5.74) is 2.35. The highest BCUT2D eigenvalue weighted by Crippen LogP contribution is 2.39. The molecule has 5 rings (SSSR count). The molecule has 0 spiro atoms. The summed E-state index contributed by atoms with van der Waals surface area (Å²) in [5.74, 6) is 0. The van der Waals surface area contributed by atoms with Crippen molar-refractivity contribution < 1.29 is 5.11 Å². The number of aromatic nitrogens is 3. The third-order valence-electron chi connectivity index (χ3n) is 6.14. The molecule has 34 heavy (non-hydrogen) atoms. The van der Waals surface area contributed by atoms with Gasteiger partial charge in [-0.25, -0.2) is 4.98 Å². The number of hydrogen-bond acceptors (Lipinski definition) is 3. The molecular formula is C27H21Cl2N3O2. The molecule has 2 heterocycles. The molecule has 2 aromatic heterocycles. The van der Waals surface area contributed by atoms with Crippen LogP contribution < -0.4 is 5.56 Å². The number of halogens is 2. The normalized spacial score (nSPS) is 13.2. The molecule has 1 N–H and O–H groups in total. The minimum absolute atomic E-state index is 0.132. The van der Waals surface area contributed by atoms with Crippen molar-refractivity contribution in [1.29, 1.82) is 0 Å². The quantitative estimate of drug-likeness (QED) is 0.361. The number of rotatable bonds is 4. The van der Waals surface area contributed by atoms with Crippen molar-refractivity contribution in [3.05, 3.63) is 123 Å². The fourth-order valence-corrected chi connectivity index (χ4v) is 4.65. The Morgan fingerprint density at radius 2 is 1.62 bits per heavy atom. The Hall–Kier alpha value is -3.38. The molecule has 0 saturated carbocycles. The summed E-state index contributed by atoms with van der Waals surface area (Å²) in [7, 11) is 3.59. The van der Waals surface area contributed by atoms with Gasteiger partial charge in [0.15, 0.2) is 5.60 Å². The zero-order chi connectivity index (χ0) is 24.0. The lowest BCUT2D eigenvalue weighted by molar-refractivity contribution is 0.121. The van der Waals surface area contributed by atoms with E-state index in [2.05, 4.69) is 4.98 Å². The van der Waals surface area contributed by atoms with E-state index in [0.717, 1.165) is 22.0 Å². The lowest BCUT2D eigenvalue weighted by Crippen LogP contribution is -2.29. The van der Waals surface area contributed by atoms with Gasteiger partial charge in [-0.05, 0) is 58.7 Å². The molecule has 0 aliphatic heterocycles. The van der Waals surface area contributed by atoms with Crippen LogP contribution in [0.4, 0.5) is 0 Å². The number of hydrogen-bond donors (Lipinski definition) is 1. The molecular weight excluding hydrogens is 469 g/mol. The second-order valence-electron chi connectivity index (χ2n) is 8.34. The number of benzene rings is 3. The minimum atomic E-state index is -1.54. The highest BCUT2D eigenvalue weighted by atomic mass is 35.5. The summed E-state index contributed by atoms with van der Waals surface area (Å²) >= 11 is 12.4. The van der Waals surface area contributed by atoms with E-state index < -0.39 is 5.60 Å². The number of nitrogens with zero attached hydrogens (tertiary/aromatic N) is 3. The smallest absolute Gasteiger partial charge is 0.251 e. The van der Waals surface area contributed by atoms with Gasteiger partial charge in [0.25, 0.3) is 5.56 Å². The van der Waals surface area contributed by atoms with Gasteiger partial charge >= 0.3 is 0 Å². The number of aryl methyl sites for hydroxylation is 2. The van der Waals surface area contributed by atoms with Crippen LogP contribution in [0.15, 0.2) is 90.1 Å². The van der Waals surface area contributed by atoms with E-state index in [1.807, 2.05) is 43.4 Å². The van der Waals surface area contributed by atoms with Crippen molar-refractivity contribution in [3.63, 3.8) is 0 Å². The SMILES string of the molecule is Cn1cnc(C(O)(c2ccc(Cl)cc2)c2ccc3c(c2)c(-c2cccc(Cl)c2)cc(=O)n3C)c1. The zero-order valence-corrected chi connectivity index (χ0v) is 20.0. The maximum Gasteiger partial charge on any atom is 0.251 e. The Bertz CT molecular complexity index is 1590. The van der Waals surface area contributed by atoms with Crippen molar-refractivity contribution in [3.8, 4) is 11.1 Å². The van der Waals surface area contributed by atoms with E-state index in [4.69, 9.17) is 23.2 Å². The van der Waals surface area contributed by atoms with Gasteiger partial charge in [-0.1, -0.05) is 53.5 Å². The van der Waals surface area contributed by atoms with E-state index in [0.29, 0.717) is 26.9 Å². The average molecular weight is 490 g/mol. The third kappa shape index (κ3) is 3.72. The Labute approximate surface area is 206 Å². The van der Waals surface area contributed by atoms with Gasteiger partial charge in [-0.2, -0.15) is 0 Å². The fraction of sp³-hybridized carbons (Fsp3) is 0.111. The molecule has 1 atom stereocenters. The van der Waals surface area contributed by atoms with Gasteiger partial charge in [-0.3, -0.25) is 4.79 Å². The first-order chi connectivity index (χ1) is 16.3. The second kappa shape index (κ2) is 8.44. The first kappa shape index (κ1) is 22.4. The summed E-state index contributed by atoms with van der Waals surface area (Å²) in [5, 5.41) is 14.2. The van der Waals surface area contributed by atoms with Crippen LogP contribution >= 0.6 is 23.2 Å². The average Bonchev–Trinajstić information content (AvgIpc) is 3.28. The molecule has 0 saturated heterocycles. The Kier molecular flexibility index (Phi) is 5.56. The molecule has 0 radical (unpaired) electrons. The van der Waals surface area contributed by atoms with E-state index in [1.54, 1.807) is 65.1 Å². The molecule has 0 aliphatic rings. The monoisotopic (exact) mass is 489 g/mol. The summed E-state index contributed by atoms with van der Waals surface area (Å²) in [4.78, 5) is 17.2. The maximum atomic E-state index is 12.7. The van der Waals surface area contributed by atoms with Crippen molar-refractivity contribution >= 4 is 34.1 Å². The van der Waals surface area contributed by atoms with Gasteiger partial charge in [0.05, 0.1) is 17.5 Å². The first-order valence-electron chi connectivity index (χ1n) is 10.6. The van der Waals surface area contributed by atoms with Crippen LogP contribution in [0.5, 0.6) is 0 Å². The van der Waals surface area contributed by atoms with Crippen LogP contribution in [0.1, 0.15) is 16.8 Å². The van der Waals surface area contributed by atoms with Crippen LogP contribution in [0, 0.1) is 0 Å². The number of fused-ring (bicyclic) bond motifs is 1. The van der Waals surface area contributed by atoms with Crippen LogP contribution in [-0.4, -0.2) is 19.2 Å². The van der Waals surface area contributed by atoms with Crippen LogP contribution in [0.3, 0.4) is 0 Å². The highest BCUT2D eigenvalue weighted by Gasteiger charge is 2.36. The Morgan fingerprint density at radius 3 is 2.29 bits per heavy atom. The predicted octanol–water partition coefficient (Wildman–Crippen LogP) is 5.53. The van der Waals surface area contributed by atoms with Crippen LogP contribution in [-0.2, 0) is 19.7 Å². The molecule has 0 aliphatic carbocycles. The van der Waals surface area contributed by atoms with Crippen molar-refractivity contribution in [2.24, 2.45) is 14.1 Å². The van der Waals surface area contributed by atoms with E-state index in [1.165, 1.54) is 0 Å². The minimum Gasteiger partial charge on any atom is -0.374 e. The number of aliphatic hydroxyl groups is 1. The van der Waals surface area contributed by atoms with Gasteiger partial charge in [0, 0.05) is 41.8 Å². The van der Waals surface area contributed by atoms with Gasteiger partial charge < -0.3 is 14.2 Å². The highest BCUT2D eigenvalue weighted by molar-refractivity contribution is 6.31. The molecule has 1 unspecified atom stereocenters.